The van der Waals surface area contributed by atoms with Gasteiger partial charge in [-0.1, -0.05) is 41.9 Å². The monoisotopic (exact) mass is 410 g/mol. The molecule has 1 aliphatic heterocycles. The highest BCUT2D eigenvalue weighted by atomic mass is 35.5. The van der Waals surface area contributed by atoms with E-state index in [0.717, 1.165) is 36.5 Å². The summed E-state index contributed by atoms with van der Waals surface area (Å²) < 4.78 is 13.3. The number of rotatable bonds is 4. The van der Waals surface area contributed by atoms with E-state index in [0.29, 0.717) is 12.2 Å². The molecule has 1 saturated heterocycles. The minimum atomic E-state index is -0.508. The Morgan fingerprint density at radius 2 is 1.93 bits per heavy atom. The smallest absolute Gasteiger partial charge is 0.229 e. The van der Waals surface area contributed by atoms with Crippen LogP contribution in [0.25, 0.3) is 11.3 Å². The maximum absolute atomic E-state index is 13.3. The molecule has 2 aromatic carbocycles. The molecule has 1 aromatic heterocycles. The number of aromatic nitrogens is 2. The van der Waals surface area contributed by atoms with Gasteiger partial charge in [0.15, 0.2) is 5.82 Å². The molecule has 0 radical (unpaired) electrons. The average molecular weight is 411 g/mol. The number of carbonyl (C=O) groups excluding carboxylic acids is 1. The fourth-order valence-electron chi connectivity index (χ4n) is 3.47. The molecule has 1 atom stereocenters. The molecule has 2 heterocycles. The number of nitrogens with one attached hydrogen (secondary N) is 1. The van der Waals surface area contributed by atoms with Crippen molar-refractivity contribution in [2.75, 3.05) is 23.3 Å². The van der Waals surface area contributed by atoms with Crippen LogP contribution in [0.1, 0.15) is 12.8 Å². The summed E-state index contributed by atoms with van der Waals surface area (Å²) in [5.41, 5.74) is 2.32. The summed E-state index contributed by atoms with van der Waals surface area (Å²) in [4.78, 5) is 14.7. The van der Waals surface area contributed by atoms with E-state index in [1.54, 1.807) is 0 Å². The molecule has 0 unspecified atom stereocenters. The molecule has 3 aromatic rings. The van der Waals surface area contributed by atoms with Crippen molar-refractivity contribution in [2.24, 2.45) is 5.92 Å². The maximum atomic E-state index is 13.3. The standard InChI is InChI=1S/C22H20ClFN4O/c23-18-13-17(8-9-19(18)24)25-22(29)16-7-4-12-28(14-16)21-11-10-20(26-27-21)15-5-2-1-3-6-15/h1-3,5-6,8-11,13,16H,4,7,12,14H2,(H,25,29)/t16-/m1/s1. The first-order chi connectivity index (χ1) is 14.1. The molecule has 1 fully saturated rings. The van der Waals surface area contributed by atoms with Gasteiger partial charge in [0.25, 0.3) is 0 Å². The summed E-state index contributed by atoms with van der Waals surface area (Å²) in [6, 6.07) is 17.9. The van der Waals surface area contributed by atoms with Crippen LogP contribution in [0.15, 0.2) is 60.7 Å². The third-order valence-electron chi connectivity index (χ3n) is 5.02. The van der Waals surface area contributed by atoms with Crippen LogP contribution in [0, 0.1) is 11.7 Å². The topological polar surface area (TPSA) is 58.1 Å². The van der Waals surface area contributed by atoms with Gasteiger partial charge in [0.1, 0.15) is 5.82 Å². The quantitative estimate of drug-likeness (QED) is 0.671. The van der Waals surface area contributed by atoms with Crippen LogP contribution < -0.4 is 10.2 Å². The Kier molecular flexibility index (Phi) is 5.71. The van der Waals surface area contributed by atoms with Crippen molar-refractivity contribution in [2.45, 2.75) is 12.8 Å². The van der Waals surface area contributed by atoms with Gasteiger partial charge in [-0.3, -0.25) is 4.79 Å². The van der Waals surface area contributed by atoms with Crippen molar-refractivity contribution in [1.29, 1.82) is 0 Å². The van der Waals surface area contributed by atoms with E-state index < -0.39 is 5.82 Å². The van der Waals surface area contributed by atoms with Gasteiger partial charge in [-0.25, -0.2) is 4.39 Å². The first kappa shape index (κ1) is 19.3. The number of benzene rings is 2. The van der Waals surface area contributed by atoms with E-state index in [4.69, 9.17) is 11.6 Å². The highest BCUT2D eigenvalue weighted by Gasteiger charge is 2.27. The number of hydrogen-bond acceptors (Lipinski definition) is 4. The molecule has 29 heavy (non-hydrogen) atoms. The van der Waals surface area contributed by atoms with Gasteiger partial charge in [0, 0.05) is 24.3 Å². The Morgan fingerprint density at radius 1 is 1.10 bits per heavy atom. The molecule has 7 heteroatoms. The number of amides is 1. The second kappa shape index (κ2) is 8.57. The van der Waals surface area contributed by atoms with Crippen LogP contribution in [0.2, 0.25) is 5.02 Å². The Hall–Kier alpha value is -2.99. The third kappa shape index (κ3) is 4.54. The molecule has 4 rings (SSSR count). The molecular weight excluding hydrogens is 391 g/mol. The van der Waals surface area contributed by atoms with Gasteiger partial charge in [0.2, 0.25) is 5.91 Å². The van der Waals surface area contributed by atoms with Crippen LogP contribution in [-0.4, -0.2) is 29.2 Å². The van der Waals surface area contributed by atoms with Crippen LogP contribution >= 0.6 is 11.6 Å². The third-order valence-corrected chi connectivity index (χ3v) is 5.31. The van der Waals surface area contributed by atoms with Gasteiger partial charge in [-0.05, 0) is 43.2 Å². The molecule has 0 aliphatic carbocycles. The molecule has 1 aliphatic rings. The van der Waals surface area contributed by atoms with Crippen molar-refractivity contribution >= 4 is 29.0 Å². The Labute approximate surface area is 173 Å². The summed E-state index contributed by atoms with van der Waals surface area (Å²) in [6.07, 6.45) is 1.66. The highest BCUT2D eigenvalue weighted by Crippen LogP contribution is 2.25. The summed E-state index contributed by atoms with van der Waals surface area (Å²) in [5, 5.41) is 11.5. The normalized spacial score (nSPS) is 16.5. The molecule has 148 valence electrons. The van der Waals surface area contributed by atoms with E-state index >= 15 is 0 Å². The van der Waals surface area contributed by atoms with Gasteiger partial charge in [-0.15, -0.1) is 10.2 Å². The lowest BCUT2D eigenvalue weighted by molar-refractivity contribution is -0.120. The summed E-state index contributed by atoms with van der Waals surface area (Å²) in [7, 11) is 0. The van der Waals surface area contributed by atoms with Crippen molar-refractivity contribution in [3.8, 4) is 11.3 Å². The highest BCUT2D eigenvalue weighted by molar-refractivity contribution is 6.31. The zero-order valence-corrected chi connectivity index (χ0v) is 16.4. The average Bonchev–Trinajstić information content (AvgIpc) is 2.77. The zero-order chi connectivity index (χ0) is 20.2. The molecule has 5 nitrogen and oxygen atoms in total. The van der Waals surface area contributed by atoms with Crippen molar-refractivity contribution < 1.29 is 9.18 Å². The van der Waals surface area contributed by atoms with Crippen molar-refractivity contribution in [3.63, 3.8) is 0 Å². The maximum Gasteiger partial charge on any atom is 0.229 e. The number of hydrogen-bond donors (Lipinski definition) is 1. The second-order valence-electron chi connectivity index (χ2n) is 7.05. The number of nitrogens with zero attached hydrogens (tertiary/aromatic N) is 3. The van der Waals surface area contributed by atoms with Crippen molar-refractivity contribution in [1.82, 2.24) is 10.2 Å². The molecular formula is C22H20ClFN4O. The molecule has 0 saturated carbocycles. The Balaban J connectivity index is 1.42. The van der Waals surface area contributed by atoms with Crippen LogP contribution in [0.5, 0.6) is 0 Å². The van der Waals surface area contributed by atoms with E-state index in [2.05, 4.69) is 20.4 Å². The van der Waals surface area contributed by atoms with Gasteiger partial charge < -0.3 is 10.2 Å². The summed E-state index contributed by atoms with van der Waals surface area (Å²) in [6.45, 7) is 1.38. The fourth-order valence-corrected chi connectivity index (χ4v) is 3.65. The number of carbonyl (C=O) groups is 1. The fraction of sp³-hybridized carbons (Fsp3) is 0.227. The summed E-state index contributed by atoms with van der Waals surface area (Å²) in [5.74, 6) is -0.0487. The largest absolute Gasteiger partial charge is 0.354 e. The zero-order valence-electron chi connectivity index (χ0n) is 15.7. The molecule has 0 bridgehead atoms. The predicted molar refractivity (Wildman–Crippen MR) is 112 cm³/mol. The molecule has 0 spiro atoms. The van der Waals surface area contributed by atoms with Crippen LogP contribution in [0.3, 0.4) is 0 Å². The number of halogens is 2. The molecule has 1 N–H and O–H groups in total. The first-order valence-corrected chi connectivity index (χ1v) is 9.88. The van der Waals surface area contributed by atoms with Crippen LogP contribution in [-0.2, 0) is 4.79 Å². The SMILES string of the molecule is O=C(Nc1ccc(F)c(Cl)c1)[C@@H]1CCCN(c2ccc(-c3ccccc3)nn2)C1. The van der Waals surface area contributed by atoms with E-state index in [9.17, 15) is 9.18 Å². The van der Waals surface area contributed by atoms with Crippen LogP contribution in [0.4, 0.5) is 15.9 Å². The minimum Gasteiger partial charge on any atom is -0.354 e. The van der Waals surface area contributed by atoms with E-state index in [1.165, 1.54) is 18.2 Å². The van der Waals surface area contributed by atoms with Crippen molar-refractivity contribution in [3.05, 3.63) is 71.5 Å². The lowest BCUT2D eigenvalue weighted by Crippen LogP contribution is -2.41. The van der Waals surface area contributed by atoms with Gasteiger partial charge >= 0.3 is 0 Å². The Morgan fingerprint density at radius 3 is 2.66 bits per heavy atom. The minimum absolute atomic E-state index is 0.0122. The second-order valence-corrected chi connectivity index (χ2v) is 7.45. The Bertz CT molecular complexity index is 997. The van der Waals surface area contributed by atoms with E-state index in [-0.39, 0.29) is 16.8 Å². The number of anilines is 2. The lowest BCUT2D eigenvalue weighted by Gasteiger charge is -2.32. The molecule has 1 amide bonds. The summed E-state index contributed by atoms with van der Waals surface area (Å²) >= 11 is 5.79. The van der Waals surface area contributed by atoms with Gasteiger partial charge in [0.05, 0.1) is 16.6 Å². The predicted octanol–water partition coefficient (Wildman–Crippen LogP) is 4.79. The van der Waals surface area contributed by atoms with E-state index in [1.807, 2.05) is 42.5 Å². The lowest BCUT2D eigenvalue weighted by atomic mass is 9.97. The first-order valence-electron chi connectivity index (χ1n) is 9.50. The van der Waals surface area contributed by atoms with Gasteiger partial charge in [-0.2, -0.15) is 0 Å². The number of piperidine rings is 1.